The van der Waals surface area contributed by atoms with E-state index >= 15 is 0 Å². The van der Waals surface area contributed by atoms with Gasteiger partial charge in [-0.05, 0) is 30.3 Å². The summed E-state index contributed by atoms with van der Waals surface area (Å²) in [5.41, 5.74) is 3.78. The zero-order valence-corrected chi connectivity index (χ0v) is 13.4. The minimum atomic E-state index is 0.727. The van der Waals surface area contributed by atoms with Gasteiger partial charge in [0, 0.05) is 19.2 Å². The quantitative estimate of drug-likeness (QED) is 0.318. The molecule has 0 unspecified atom stereocenters. The van der Waals surface area contributed by atoms with Crippen LogP contribution in [-0.2, 0) is 0 Å². The molecule has 0 aliphatic rings. The number of hydrogen-bond donors (Lipinski definition) is 0. The third kappa shape index (κ3) is 2.41. The number of nitrogens with zero attached hydrogens (tertiary/aromatic N) is 1. The molecule has 3 aromatic carbocycles. The number of anilines is 2. The van der Waals surface area contributed by atoms with Gasteiger partial charge in [0.05, 0.1) is 21.8 Å². The molecule has 0 saturated heterocycles. The van der Waals surface area contributed by atoms with Crippen molar-refractivity contribution < 1.29 is 4.42 Å². The average molecular weight is 321 g/mol. The summed E-state index contributed by atoms with van der Waals surface area (Å²) in [6, 6.07) is 24.1. The highest BCUT2D eigenvalue weighted by Crippen LogP contribution is 2.36. The molecule has 0 bridgehead atoms. The standard InChI is InChI=1S/C20H15ClNO/c1-22(18-9-4-3-8-16(18)21)17-10-6-12-20-15(17)13-14-7-2-5-11-19(14)23-20/h2-13H,1H3/q+1. The van der Waals surface area contributed by atoms with Crippen molar-refractivity contribution >= 4 is 44.9 Å². The molecule has 1 heterocycles. The maximum atomic E-state index is 6.35. The predicted molar refractivity (Wildman–Crippen MR) is 97.6 cm³/mol. The van der Waals surface area contributed by atoms with Crippen LogP contribution in [0.15, 0.2) is 77.2 Å². The van der Waals surface area contributed by atoms with Gasteiger partial charge in [-0.1, -0.05) is 41.9 Å². The molecule has 0 amide bonds. The number of fused-ring (bicyclic) bond motifs is 2. The first-order valence-corrected chi connectivity index (χ1v) is 7.85. The zero-order chi connectivity index (χ0) is 15.8. The Morgan fingerprint density at radius 3 is 2.35 bits per heavy atom. The summed E-state index contributed by atoms with van der Waals surface area (Å²) in [6.07, 6.45) is 0. The SMILES string of the molecule is CN(c1ccccc1Cl)c1cccc2[o+]c3ccccc3cc12. The summed E-state index contributed by atoms with van der Waals surface area (Å²) >= 11 is 6.35. The van der Waals surface area contributed by atoms with Gasteiger partial charge in [-0.25, -0.2) is 4.42 Å². The Hall–Kier alpha value is -2.58. The number of rotatable bonds is 2. The van der Waals surface area contributed by atoms with Gasteiger partial charge in [0.25, 0.3) is 0 Å². The van der Waals surface area contributed by atoms with Crippen LogP contribution in [0.25, 0.3) is 21.9 Å². The van der Waals surface area contributed by atoms with Crippen molar-refractivity contribution in [3.63, 3.8) is 0 Å². The molecule has 1 aromatic heterocycles. The van der Waals surface area contributed by atoms with Crippen molar-refractivity contribution in [2.24, 2.45) is 0 Å². The fourth-order valence-electron chi connectivity index (χ4n) is 2.88. The summed E-state index contributed by atoms with van der Waals surface area (Å²) in [7, 11) is 2.02. The van der Waals surface area contributed by atoms with Crippen LogP contribution in [-0.4, -0.2) is 7.05 Å². The highest BCUT2D eigenvalue weighted by Gasteiger charge is 2.17. The smallest absolute Gasteiger partial charge is 0.343 e. The van der Waals surface area contributed by atoms with Gasteiger partial charge in [-0.15, -0.1) is 0 Å². The Labute approximate surface area is 139 Å². The van der Waals surface area contributed by atoms with E-state index in [-0.39, 0.29) is 0 Å². The molecule has 0 aliphatic heterocycles. The van der Waals surface area contributed by atoms with Crippen LogP contribution in [0.3, 0.4) is 0 Å². The topological polar surface area (TPSA) is 14.5 Å². The molecule has 23 heavy (non-hydrogen) atoms. The molecule has 0 N–H and O–H groups in total. The Kier molecular flexibility index (Phi) is 3.40. The molecule has 0 atom stereocenters. The molecule has 0 aliphatic carbocycles. The van der Waals surface area contributed by atoms with Gasteiger partial charge in [0.1, 0.15) is 5.39 Å². The molecular formula is C20H15ClNO+. The molecule has 4 aromatic rings. The van der Waals surface area contributed by atoms with Crippen molar-refractivity contribution in [1.82, 2.24) is 0 Å². The lowest BCUT2D eigenvalue weighted by Gasteiger charge is -2.21. The first-order chi connectivity index (χ1) is 11.2. The van der Waals surface area contributed by atoms with Crippen LogP contribution in [0.4, 0.5) is 11.4 Å². The molecule has 0 saturated carbocycles. The highest BCUT2D eigenvalue weighted by atomic mass is 35.5. The predicted octanol–water partition coefficient (Wildman–Crippen LogP) is 6.29. The van der Waals surface area contributed by atoms with E-state index in [1.807, 2.05) is 61.6 Å². The Morgan fingerprint density at radius 2 is 1.48 bits per heavy atom. The van der Waals surface area contributed by atoms with Gasteiger partial charge in [0.2, 0.25) is 0 Å². The van der Waals surface area contributed by atoms with Crippen molar-refractivity contribution in [1.29, 1.82) is 0 Å². The van der Waals surface area contributed by atoms with Crippen molar-refractivity contribution in [3.8, 4) is 0 Å². The minimum absolute atomic E-state index is 0.727. The van der Waals surface area contributed by atoms with Crippen LogP contribution in [0.5, 0.6) is 0 Å². The fraction of sp³-hybridized carbons (Fsp3) is 0.0500. The lowest BCUT2D eigenvalue weighted by Crippen LogP contribution is -2.10. The van der Waals surface area contributed by atoms with Crippen LogP contribution in [0, 0.1) is 0 Å². The summed E-state index contributed by atoms with van der Waals surface area (Å²) in [6.45, 7) is 0. The molecule has 112 valence electrons. The largest absolute Gasteiger partial charge is 0.362 e. The van der Waals surface area contributed by atoms with Crippen LogP contribution in [0.1, 0.15) is 0 Å². The molecule has 0 fully saturated rings. The summed E-state index contributed by atoms with van der Waals surface area (Å²) in [5.74, 6) is 0. The maximum Gasteiger partial charge on any atom is 0.362 e. The highest BCUT2D eigenvalue weighted by molar-refractivity contribution is 6.33. The van der Waals surface area contributed by atoms with Crippen molar-refractivity contribution in [3.05, 3.63) is 77.8 Å². The Bertz CT molecular complexity index is 1010. The first kappa shape index (κ1) is 14.0. The monoisotopic (exact) mass is 320 g/mol. The van der Waals surface area contributed by atoms with Crippen LogP contribution >= 0.6 is 11.6 Å². The molecule has 4 rings (SSSR count). The molecule has 2 nitrogen and oxygen atoms in total. The van der Waals surface area contributed by atoms with E-state index in [2.05, 4.69) is 23.1 Å². The van der Waals surface area contributed by atoms with Crippen molar-refractivity contribution in [2.45, 2.75) is 0 Å². The van der Waals surface area contributed by atoms with E-state index in [0.717, 1.165) is 38.3 Å². The van der Waals surface area contributed by atoms with E-state index in [0.29, 0.717) is 0 Å². The van der Waals surface area contributed by atoms with E-state index in [1.165, 1.54) is 0 Å². The van der Waals surface area contributed by atoms with Gasteiger partial charge >= 0.3 is 11.2 Å². The first-order valence-electron chi connectivity index (χ1n) is 7.47. The molecule has 0 radical (unpaired) electrons. The lowest BCUT2D eigenvalue weighted by atomic mass is 10.1. The minimum Gasteiger partial charge on any atom is -0.343 e. The Morgan fingerprint density at radius 1 is 0.783 bits per heavy atom. The van der Waals surface area contributed by atoms with Crippen molar-refractivity contribution in [2.75, 3.05) is 11.9 Å². The number of hydrogen-bond acceptors (Lipinski definition) is 1. The molecular weight excluding hydrogens is 306 g/mol. The lowest BCUT2D eigenvalue weighted by molar-refractivity contribution is 0.661. The third-order valence-corrected chi connectivity index (χ3v) is 4.38. The second kappa shape index (κ2) is 5.56. The van der Waals surface area contributed by atoms with Gasteiger partial charge in [-0.2, -0.15) is 0 Å². The second-order valence-electron chi connectivity index (χ2n) is 5.48. The van der Waals surface area contributed by atoms with Crippen LogP contribution < -0.4 is 4.90 Å². The van der Waals surface area contributed by atoms with E-state index in [4.69, 9.17) is 16.0 Å². The van der Waals surface area contributed by atoms with Gasteiger partial charge < -0.3 is 4.90 Å². The normalized spacial score (nSPS) is 11.0. The number of benzene rings is 3. The second-order valence-corrected chi connectivity index (χ2v) is 5.89. The summed E-state index contributed by atoms with van der Waals surface area (Å²) in [4.78, 5) is 2.09. The maximum absolute atomic E-state index is 6.35. The summed E-state index contributed by atoms with van der Waals surface area (Å²) in [5, 5.41) is 2.87. The number of para-hydroxylation sites is 2. The third-order valence-electron chi connectivity index (χ3n) is 4.06. The van der Waals surface area contributed by atoms with E-state index in [1.54, 1.807) is 0 Å². The van der Waals surface area contributed by atoms with E-state index < -0.39 is 0 Å². The van der Waals surface area contributed by atoms with Gasteiger partial charge in [-0.3, -0.25) is 0 Å². The molecule has 0 spiro atoms. The van der Waals surface area contributed by atoms with E-state index in [9.17, 15) is 0 Å². The average Bonchev–Trinajstić information content (AvgIpc) is 2.59. The fourth-order valence-corrected chi connectivity index (χ4v) is 3.14. The zero-order valence-electron chi connectivity index (χ0n) is 12.7. The molecule has 3 heteroatoms. The number of halogens is 1. The van der Waals surface area contributed by atoms with Gasteiger partial charge in [0.15, 0.2) is 0 Å². The summed E-state index contributed by atoms with van der Waals surface area (Å²) < 4.78 is 6.04. The Balaban J connectivity index is 1.96. The van der Waals surface area contributed by atoms with Crippen LogP contribution in [0.2, 0.25) is 5.02 Å².